The van der Waals surface area contributed by atoms with Gasteiger partial charge in [0.2, 0.25) is 0 Å². The summed E-state index contributed by atoms with van der Waals surface area (Å²) in [5, 5.41) is 2.69. The normalized spacial score (nSPS) is 10.8. The first-order valence-corrected chi connectivity index (χ1v) is 5.88. The molecule has 0 bridgehead atoms. The molecule has 0 fully saturated rings. The van der Waals surface area contributed by atoms with Crippen LogP contribution in [-0.2, 0) is 6.54 Å². The summed E-state index contributed by atoms with van der Waals surface area (Å²) in [6, 6.07) is 7.37. The van der Waals surface area contributed by atoms with E-state index in [1.54, 1.807) is 0 Å². The second-order valence-corrected chi connectivity index (χ2v) is 4.13. The second-order valence-electron chi connectivity index (χ2n) is 4.13. The highest BCUT2D eigenvalue weighted by molar-refractivity contribution is 5.45. The molecule has 0 aliphatic rings. The highest BCUT2D eigenvalue weighted by Gasteiger charge is 2.10. The zero-order valence-electron chi connectivity index (χ0n) is 10.5. The van der Waals surface area contributed by atoms with Crippen molar-refractivity contribution in [2.45, 2.75) is 13.2 Å². The lowest BCUT2D eigenvalue weighted by Crippen LogP contribution is -2.03. The molecule has 0 saturated carbocycles. The molecule has 2 nitrogen and oxygen atoms in total. The quantitative estimate of drug-likeness (QED) is 0.656. The predicted molar refractivity (Wildman–Crippen MR) is 66.7 cm³/mol. The lowest BCUT2D eigenvalue weighted by atomic mass is 10.2. The molecule has 0 heterocycles. The summed E-state index contributed by atoms with van der Waals surface area (Å²) in [6.45, 7) is -2.72. The fourth-order valence-electron chi connectivity index (χ4n) is 1.65. The number of benzene rings is 2. The van der Waals surface area contributed by atoms with Crippen LogP contribution < -0.4 is 10.1 Å². The van der Waals surface area contributed by atoms with E-state index in [0.717, 1.165) is 12.1 Å². The lowest BCUT2D eigenvalue weighted by Gasteiger charge is -2.09. The third-order valence-corrected chi connectivity index (χ3v) is 2.63. The Balaban J connectivity index is 2.00. The van der Waals surface area contributed by atoms with E-state index in [2.05, 4.69) is 10.1 Å². The Morgan fingerprint density at radius 3 is 2.05 bits per heavy atom. The van der Waals surface area contributed by atoms with E-state index in [1.165, 1.54) is 24.3 Å². The van der Waals surface area contributed by atoms with Crippen molar-refractivity contribution in [1.29, 1.82) is 0 Å². The van der Waals surface area contributed by atoms with Crippen molar-refractivity contribution < 1.29 is 26.7 Å². The number of nitrogens with one attached hydrogen (secondary N) is 1. The highest BCUT2D eigenvalue weighted by atomic mass is 19.3. The van der Waals surface area contributed by atoms with Gasteiger partial charge >= 0.3 is 6.61 Å². The van der Waals surface area contributed by atoms with Gasteiger partial charge in [-0.3, -0.25) is 0 Å². The van der Waals surface area contributed by atoms with E-state index in [9.17, 15) is 22.0 Å². The summed E-state index contributed by atoms with van der Waals surface area (Å²) in [6.07, 6.45) is 0. The van der Waals surface area contributed by atoms with E-state index in [4.69, 9.17) is 0 Å². The Bertz CT molecular complexity index is 592. The first-order valence-electron chi connectivity index (χ1n) is 5.88. The minimum Gasteiger partial charge on any atom is -0.435 e. The Kier molecular flexibility index (Phi) is 4.62. The smallest absolute Gasteiger partial charge is 0.387 e. The topological polar surface area (TPSA) is 21.3 Å². The van der Waals surface area contributed by atoms with Gasteiger partial charge in [0.15, 0.2) is 17.5 Å². The molecule has 1 N–H and O–H groups in total. The van der Waals surface area contributed by atoms with Gasteiger partial charge in [-0.05, 0) is 17.7 Å². The Morgan fingerprint density at radius 1 is 0.952 bits per heavy atom. The molecule has 0 saturated heterocycles. The van der Waals surface area contributed by atoms with Crippen molar-refractivity contribution in [1.82, 2.24) is 0 Å². The van der Waals surface area contributed by atoms with Crippen LogP contribution in [0.3, 0.4) is 0 Å². The molecule has 2 aromatic rings. The van der Waals surface area contributed by atoms with Crippen LogP contribution in [0.5, 0.6) is 5.75 Å². The van der Waals surface area contributed by atoms with Crippen LogP contribution >= 0.6 is 0 Å². The first kappa shape index (κ1) is 15.1. The standard InChI is InChI=1S/C14H10F5NO/c15-11-5-9(6-12(16)13(11)17)20-7-8-1-3-10(4-2-8)21-14(18)19/h1-6,14,20H,7H2. The molecule has 0 unspecified atom stereocenters. The van der Waals surface area contributed by atoms with Crippen LogP contribution in [0.1, 0.15) is 5.56 Å². The molecule has 0 atom stereocenters. The molecule has 0 aromatic heterocycles. The maximum Gasteiger partial charge on any atom is 0.387 e. The first-order chi connectivity index (χ1) is 9.95. The maximum absolute atomic E-state index is 13.0. The van der Waals surface area contributed by atoms with Crippen molar-refractivity contribution in [2.75, 3.05) is 5.32 Å². The van der Waals surface area contributed by atoms with Crippen molar-refractivity contribution in [3.05, 3.63) is 59.4 Å². The SMILES string of the molecule is Fc1cc(NCc2ccc(OC(F)F)cc2)cc(F)c1F. The van der Waals surface area contributed by atoms with E-state index >= 15 is 0 Å². The van der Waals surface area contributed by atoms with Crippen LogP contribution in [0, 0.1) is 17.5 Å². The zero-order valence-corrected chi connectivity index (χ0v) is 10.5. The number of hydrogen-bond donors (Lipinski definition) is 1. The summed E-state index contributed by atoms with van der Waals surface area (Å²) in [4.78, 5) is 0. The number of hydrogen-bond acceptors (Lipinski definition) is 2. The molecule has 112 valence electrons. The Morgan fingerprint density at radius 2 is 1.52 bits per heavy atom. The molecular weight excluding hydrogens is 293 g/mol. The number of halogens is 5. The molecule has 0 aliphatic carbocycles. The van der Waals surface area contributed by atoms with E-state index in [1.807, 2.05) is 0 Å². The second kappa shape index (κ2) is 6.43. The lowest BCUT2D eigenvalue weighted by molar-refractivity contribution is -0.0498. The zero-order chi connectivity index (χ0) is 15.4. The number of rotatable bonds is 5. The molecule has 2 aromatic carbocycles. The molecule has 7 heteroatoms. The van der Waals surface area contributed by atoms with E-state index < -0.39 is 24.1 Å². The molecule has 0 aliphatic heterocycles. The van der Waals surface area contributed by atoms with Crippen molar-refractivity contribution in [3.63, 3.8) is 0 Å². The summed E-state index contributed by atoms with van der Waals surface area (Å²) in [5.74, 6) is -4.11. The minimum absolute atomic E-state index is 0.00706. The van der Waals surface area contributed by atoms with Crippen molar-refractivity contribution in [3.8, 4) is 5.75 Å². The van der Waals surface area contributed by atoms with Gasteiger partial charge in [0.1, 0.15) is 5.75 Å². The number of anilines is 1. The van der Waals surface area contributed by atoms with Crippen LogP contribution in [0.2, 0.25) is 0 Å². The third-order valence-electron chi connectivity index (χ3n) is 2.63. The minimum atomic E-state index is -2.90. The van der Waals surface area contributed by atoms with Gasteiger partial charge < -0.3 is 10.1 Å². The van der Waals surface area contributed by atoms with Crippen LogP contribution in [0.4, 0.5) is 27.6 Å². The number of ether oxygens (including phenoxy) is 1. The summed E-state index contributed by atoms with van der Waals surface area (Å²) in [5.41, 5.74) is 0.737. The van der Waals surface area contributed by atoms with Gasteiger partial charge in [-0.1, -0.05) is 12.1 Å². The molecule has 0 radical (unpaired) electrons. The van der Waals surface area contributed by atoms with Gasteiger partial charge in [-0.2, -0.15) is 8.78 Å². The maximum atomic E-state index is 13.0. The van der Waals surface area contributed by atoms with Crippen molar-refractivity contribution in [2.24, 2.45) is 0 Å². The molecule has 2 rings (SSSR count). The van der Waals surface area contributed by atoms with Gasteiger partial charge in [-0.25, -0.2) is 13.2 Å². The van der Waals surface area contributed by atoms with Crippen LogP contribution in [-0.4, -0.2) is 6.61 Å². The number of alkyl halides is 2. The van der Waals surface area contributed by atoms with Crippen LogP contribution in [0.25, 0.3) is 0 Å². The molecule has 0 spiro atoms. The fourth-order valence-corrected chi connectivity index (χ4v) is 1.65. The van der Waals surface area contributed by atoms with Crippen LogP contribution in [0.15, 0.2) is 36.4 Å². The fraction of sp³-hybridized carbons (Fsp3) is 0.143. The average Bonchev–Trinajstić information content (AvgIpc) is 2.43. The van der Waals surface area contributed by atoms with Gasteiger partial charge in [-0.15, -0.1) is 0 Å². The Labute approximate surface area is 117 Å². The average molecular weight is 303 g/mol. The van der Waals surface area contributed by atoms with Gasteiger partial charge in [0.25, 0.3) is 0 Å². The molecule has 21 heavy (non-hydrogen) atoms. The predicted octanol–water partition coefficient (Wildman–Crippen LogP) is 4.32. The van der Waals surface area contributed by atoms with Crippen molar-refractivity contribution >= 4 is 5.69 Å². The van der Waals surface area contributed by atoms with Gasteiger partial charge in [0, 0.05) is 24.4 Å². The highest BCUT2D eigenvalue weighted by Crippen LogP contribution is 2.19. The largest absolute Gasteiger partial charge is 0.435 e. The molecule has 0 amide bonds. The Hall–Kier alpha value is -2.31. The summed E-state index contributed by atoms with van der Waals surface area (Å²) in [7, 11) is 0. The van der Waals surface area contributed by atoms with E-state index in [0.29, 0.717) is 5.56 Å². The molecular formula is C14H10F5NO. The van der Waals surface area contributed by atoms with E-state index in [-0.39, 0.29) is 18.0 Å². The summed E-state index contributed by atoms with van der Waals surface area (Å²) < 4.78 is 66.9. The monoisotopic (exact) mass is 303 g/mol. The third kappa shape index (κ3) is 4.08. The van der Waals surface area contributed by atoms with Gasteiger partial charge in [0.05, 0.1) is 0 Å². The summed E-state index contributed by atoms with van der Waals surface area (Å²) >= 11 is 0.